The molecule has 2 aromatic rings. The van der Waals surface area contributed by atoms with Crippen LogP contribution in [-0.4, -0.2) is 93.3 Å². The van der Waals surface area contributed by atoms with E-state index in [1.807, 2.05) is 96.2 Å². The maximum atomic E-state index is 14.8. The van der Waals surface area contributed by atoms with Gasteiger partial charge in [0.15, 0.2) is 11.6 Å². The fourth-order valence-electron chi connectivity index (χ4n) is 12.2. The van der Waals surface area contributed by atoms with Gasteiger partial charge in [-0.05, 0) is 112 Å². The van der Waals surface area contributed by atoms with Crippen LogP contribution >= 0.6 is 0 Å². The van der Waals surface area contributed by atoms with Gasteiger partial charge < -0.3 is 49.1 Å². The number of hydrogen-bond acceptors (Lipinski definition) is 11. The largest absolute Gasteiger partial charge is 1.00 e. The number of ketones is 1. The number of benzene rings is 2. The van der Waals surface area contributed by atoms with Gasteiger partial charge >= 0.3 is 29.6 Å². The first kappa shape index (κ1) is 53.1. The normalized spacial score (nSPS) is 39.1. The molecule has 18 atom stereocenters. The molecule has 3 N–H and O–H groups in total. The number of hydrogen-bond donors (Lipinski definition) is 3. The molecule has 5 aliphatic heterocycles. The number of aliphatic carboxylic acids is 1. The van der Waals surface area contributed by atoms with E-state index >= 15 is 0 Å². The smallest absolute Gasteiger partial charge is 0.550 e. The molecule has 13 heteroatoms. The summed E-state index contributed by atoms with van der Waals surface area (Å²) < 4.78 is 34.8. The number of fused-ring (bicyclic) bond motifs is 1. The fraction of sp³-hybridized carbons (Fsp3) is 0.717. The second-order valence-electron chi connectivity index (χ2n) is 21.0. The Hall–Kier alpha value is -2.23. The van der Waals surface area contributed by atoms with Crippen LogP contribution in [0.2, 0.25) is 0 Å². The van der Waals surface area contributed by atoms with E-state index in [4.69, 9.17) is 23.7 Å². The molecule has 12 nitrogen and oxygen atoms in total. The van der Waals surface area contributed by atoms with Gasteiger partial charge in [0, 0.05) is 47.5 Å². The average Bonchev–Trinajstić information content (AvgIpc) is 3.63. The molecule has 4 saturated heterocycles. The molecule has 0 radical (unpaired) electrons. The van der Waals surface area contributed by atoms with E-state index < -0.39 is 89.0 Å². The predicted octanol–water partition coefficient (Wildman–Crippen LogP) is 4.45. The molecule has 0 saturated carbocycles. The van der Waals surface area contributed by atoms with Crippen LogP contribution in [0.4, 0.5) is 0 Å². The summed E-state index contributed by atoms with van der Waals surface area (Å²) in [5, 5.41) is 40.4. The topological polar surface area (TPSA) is 173 Å². The van der Waals surface area contributed by atoms with Crippen molar-refractivity contribution < 1.29 is 82.9 Å². The van der Waals surface area contributed by atoms with Gasteiger partial charge in [-0.1, -0.05) is 91.8 Å². The van der Waals surface area contributed by atoms with Crippen molar-refractivity contribution in [2.24, 2.45) is 41.4 Å². The second kappa shape index (κ2) is 21.0. The molecule has 5 heterocycles. The Balaban J connectivity index is 0.00000720. The van der Waals surface area contributed by atoms with Gasteiger partial charge in [0.1, 0.15) is 11.8 Å². The van der Waals surface area contributed by atoms with Crippen LogP contribution in [0.15, 0.2) is 54.6 Å². The minimum atomic E-state index is -1.37. The quantitative estimate of drug-likeness (QED) is 0.181. The van der Waals surface area contributed by atoms with E-state index in [0.29, 0.717) is 63.4 Å². The fourth-order valence-corrected chi connectivity index (χ4v) is 12.2. The number of carbonyl (C=O) groups is 3. The summed E-state index contributed by atoms with van der Waals surface area (Å²) in [6.07, 6.45) is 6.19. The van der Waals surface area contributed by atoms with Crippen LogP contribution in [0.3, 0.4) is 0 Å². The number of amides is 1. The molecule has 5 aliphatic rings. The van der Waals surface area contributed by atoms with Crippen LogP contribution in [0.1, 0.15) is 144 Å². The number of aliphatic hydroxyl groups excluding tert-OH is 1. The molecule has 1 amide bonds. The van der Waals surface area contributed by atoms with Crippen molar-refractivity contribution in [2.75, 3.05) is 0 Å². The zero-order valence-corrected chi connectivity index (χ0v) is 43.4. The summed E-state index contributed by atoms with van der Waals surface area (Å²) in [6.45, 7) is 19.6. The van der Waals surface area contributed by atoms with E-state index in [1.54, 1.807) is 6.92 Å². The number of nitrogens with one attached hydrogen (secondary N) is 1. The van der Waals surface area contributed by atoms with Crippen molar-refractivity contribution in [3.05, 3.63) is 60.2 Å². The third kappa shape index (κ3) is 10.2. The van der Waals surface area contributed by atoms with Crippen molar-refractivity contribution >= 4 is 28.4 Å². The van der Waals surface area contributed by atoms with E-state index in [2.05, 4.69) is 26.1 Å². The number of ether oxygens (including phenoxy) is 5. The number of carboxylic acid groups (broad SMARTS) is 1. The monoisotopic (exact) mass is 926 g/mol. The first-order valence-electron chi connectivity index (χ1n) is 24.8. The van der Waals surface area contributed by atoms with Crippen LogP contribution in [0.5, 0.6) is 0 Å². The first-order valence-corrected chi connectivity index (χ1v) is 24.8. The maximum absolute atomic E-state index is 14.8. The zero-order chi connectivity index (χ0) is 47.2. The summed E-state index contributed by atoms with van der Waals surface area (Å²) in [5.74, 6) is -6.83. The summed E-state index contributed by atoms with van der Waals surface area (Å²) in [7, 11) is 0. The van der Waals surface area contributed by atoms with Gasteiger partial charge in [-0.25, -0.2) is 0 Å². The van der Waals surface area contributed by atoms with Crippen molar-refractivity contribution in [2.45, 2.75) is 199 Å². The molecule has 0 unspecified atom stereocenters. The van der Waals surface area contributed by atoms with Gasteiger partial charge in [0.2, 0.25) is 0 Å². The molecular formula is C53H76NNaO11. The van der Waals surface area contributed by atoms with E-state index in [1.165, 1.54) is 0 Å². The Labute approximate surface area is 414 Å². The van der Waals surface area contributed by atoms with Crippen LogP contribution < -0.4 is 40.0 Å². The third-order valence-corrected chi connectivity index (χ3v) is 16.8. The van der Waals surface area contributed by atoms with Crippen molar-refractivity contribution in [3.8, 4) is 0 Å². The molecular weight excluding hydrogens is 850 g/mol. The minimum Gasteiger partial charge on any atom is -0.550 e. The van der Waals surface area contributed by atoms with Crippen LogP contribution in [-0.2, 0) is 33.3 Å². The number of Topliss-reactive ketones (excluding diaryl/α,β-unsaturated/α-hetero) is 1. The Morgan fingerprint density at radius 3 is 2.21 bits per heavy atom. The van der Waals surface area contributed by atoms with E-state index in [9.17, 15) is 29.7 Å². The van der Waals surface area contributed by atoms with E-state index in [-0.39, 0.29) is 65.1 Å². The molecule has 360 valence electrons. The Morgan fingerprint density at radius 1 is 0.864 bits per heavy atom. The number of rotatable bonds is 14. The number of carbonyl (C=O) groups excluding carboxylic acids is 3. The maximum Gasteiger partial charge on any atom is 1.00 e. The predicted molar refractivity (Wildman–Crippen MR) is 245 cm³/mol. The molecule has 4 fully saturated rings. The van der Waals surface area contributed by atoms with Crippen molar-refractivity contribution in [1.29, 1.82) is 0 Å². The van der Waals surface area contributed by atoms with Crippen molar-refractivity contribution in [1.82, 2.24) is 5.32 Å². The summed E-state index contributed by atoms with van der Waals surface area (Å²) in [6, 6.07) is 12.9. The molecule has 0 bridgehead atoms. The van der Waals surface area contributed by atoms with Gasteiger partial charge in [-0.15, -0.1) is 0 Å². The average molecular weight is 926 g/mol. The summed E-state index contributed by atoms with van der Waals surface area (Å²) >= 11 is 0. The standard InChI is InChI=1S/C53H77NO11.Na/c1-11-39(49(58)59)41-21-18-30(4)46(62-41)34(8)44(55)33(7)45(56)40(12-2)47-31(5)28-32(6)52(63-47)25-22-42(54-48(57)38-20-19-36-16-14-15-17-37(36)29-38)53(65-52)27-26-50(10,64-53)43-23-24-51(60,13-3)35(9)61-43;/h14-17,19-20,22,25,29-35,39-44,46-47,55,60H,11-13,18,21,23-24,26-28H2,1-10H3,(H,54,57)(H,58,59);/q;+1/p-1/t30-,31-,32+,33-,34-,35-,39+,40-,41+,42-,43+,44+,46+,47-,50-,51+,52-,53-;/m0./s1. The molecule has 2 aromatic carbocycles. The van der Waals surface area contributed by atoms with E-state index in [0.717, 1.165) is 17.2 Å². The summed E-state index contributed by atoms with van der Waals surface area (Å²) in [4.78, 5) is 40.9. The van der Waals surface area contributed by atoms with Crippen molar-refractivity contribution in [3.63, 3.8) is 0 Å². The summed E-state index contributed by atoms with van der Waals surface area (Å²) in [5.41, 5.74) is -1.24. The Morgan fingerprint density at radius 2 is 1.56 bits per heavy atom. The van der Waals surface area contributed by atoms with Crippen LogP contribution in [0, 0.1) is 41.4 Å². The van der Waals surface area contributed by atoms with Gasteiger partial charge in [-0.3, -0.25) is 9.59 Å². The third-order valence-electron chi connectivity index (χ3n) is 16.8. The molecule has 7 rings (SSSR count). The Kier molecular flexibility index (Phi) is 16.9. The van der Waals surface area contributed by atoms with Gasteiger partial charge in [0.25, 0.3) is 5.91 Å². The number of carboxylic acids is 1. The second-order valence-corrected chi connectivity index (χ2v) is 21.0. The van der Waals surface area contributed by atoms with Gasteiger partial charge in [0.05, 0.1) is 47.8 Å². The molecule has 66 heavy (non-hydrogen) atoms. The Bertz CT molecular complexity index is 2070. The minimum absolute atomic E-state index is 0. The first-order chi connectivity index (χ1) is 30.7. The SMILES string of the molecule is CC[C@@H](C(=O)[C@@H](C)[C@@H](O)[C@H](C)[C@@H]1O[C@@H]([C@@H](CC)C(=O)[O-])CC[C@@H]1C)[C@H]1O[C@]2(C=C[C@H](NC(=O)c3ccc4ccccc4c3)[C@]3(CC[C@@](C)([C@H]4CC[C@](O)(CC)[C@H](C)O4)O3)O2)[C@H](C)C[C@@H]1C.[Na+]. The number of aliphatic hydroxyl groups is 2. The molecule has 2 spiro atoms. The van der Waals surface area contributed by atoms with Crippen LogP contribution in [0.25, 0.3) is 10.8 Å². The molecule has 0 aromatic heterocycles. The van der Waals surface area contributed by atoms with Gasteiger partial charge in [-0.2, -0.15) is 0 Å². The zero-order valence-electron chi connectivity index (χ0n) is 41.4. The molecule has 0 aliphatic carbocycles.